The second-order valence-corrected chi connectivity index (χ2v) is 2.65. The van der Waals surface area contributed by atoms with Gasteiger partial charge in [0.15, 0.2) is 0 Å². The molecule has 0 bridgehead atoms. The van der Waals surface area contributed by atoms with Crippen LogP contribution in [0.1, 0.15) is 6.92 Å². The molecule has 0 spiro atoms. The average molecular weight is 176 g/mol. The van der Waals surface area contributed by atoms with E-state index >= 15 is 0 Å². The number of thiocarbonyl (C=S) groups is 1. The van der Waals surface area contributed by atoms with Crippen molar-refractivity contribution in [1.82, 2.24) is 5.32 Å². The number of rotatable bonds is 3. The van der Waals surface area contributed by atoms with Gasteiger partial charge in [0.25, 0.3) is 0 Å². The summed E-state index contributed by atoms with van der Waals surface area (Å²) in [6, 6.07) is 0. The number of carbonyl (C=O) groups excluding carboxylic acids is 1. The van der Waals surface area contributed by atoms with E-state index in [4.69, 9.17) is 18.0 Å². The lowest BCUT2D eigenvalue weighted by atomic mass is 10.2. The van der Waals surface area contributed by atoms with Gasteiger partial charge in [-0.25, -0.2) is 4.79 Å². The van der Waals surface area contributed by atoms with E-state index in [0.29, 0.717) is 11.5 Å². The summed E-state index contributed by atoms with van der Waals surface area (Å²) >= 11 is 4.69. The molecule has 0 saturated carbocycles. The first-order valence-corrected chi connectivity index (χ1v) is 3.60. The minimum atomic E-state index is -0.465. The lowest BCUT2D eigenvalue weighted by Crippen LogP contribution is -2.33. The topological polar surface area (TPSA) is 64.3 Å². The summed E-state index contributed by atoms with van der Waals surface area (Å²) in [5.41, 5.74) is 5.30. The van der Waals surface area contributed by atoms with Crippen LogP contribution in [0.15, 0.2) is 0 Å². The van der Waals surface area contributed by atoms with Gasteiger partial charge in [-0.2, -0.15) is 0 Å². The first kappa shape index (κ1) is 10.2. The minimum absolute atomic E-state index is 0.00380. The summed E-state index contributed by atoms with van der Waals surface area (Å²) in [6.45, 7) is 2.25. The van der Waals surface area contributed by atoms with Gasteiger partial charge in [-0.15, -0.1) is 0 Å². The maximum absolute atomic E-state index is 10.5. The third kappa shape index (κ3) is 4.55. The third-order valence-corrected chi connectivity index (χ3v) is 1.63. The molecule has 3 N–H and O–H groups in total. The van der Waals surface area contributed by atoms with E-state index in [0.717, 1.165) is 0 Å². The predicted octanol–water partition coefficient (Wildman–Crippen LogP) is 0.265. The van der Waals surface area contributed by atoms with Crippen molar-refractivity contribution in [3.63, 3.8) is 0 Å². The smallest absolute Gasteiger partial charge is 0.406 e. The normalized spacial score (nSPS) is 11.8. The zero-order valence-corrected chi connectivity index (χ0v) is 7.40. The second-order valence-electron chi connectivity index (χ2n) is 2.18. The molecular weight excluding hydrogens is 164 g/mol. The Morgan fingerprint density at radius 1 is 1.82 bits per heavy atom. The quantitative estimate of drug-likeness (QED) is 0.606. The fraction of sp³-hybridized carbons (Fsp3) is 0.667. The van der Waals surface area contributed by atoms with Crippen LogP contribution in [0.2, 0.25) is 0 Å². The summed E-state index contributed by atoms with van der Waals surface area (Å²) in [6.07, 6.45) is -0.465. The highest BCUT2D eigenvalue weighted by atomic mass is 32.1. The van der Waals surface area contributed by atoms with Crippen molar-refractivity contribution in [3.8, 4) is 0 Å². The highest BCUT2D eigenvalue weighted by Gasteiger charge is 2.06. The van der Waals surface area contributed by atoms with E-state index in [1.54, 1.807) is 0 Å². The maximum atomic E-state index is 10.5. The Balaban J connectivity index is 3.54. The summed E-state index contributed by atoms with van der Waals surface area (Å²) in [4.78, 5) is 10.9. The Kier molecular flexibility index (Phi) is 4.52. The van der Waals surface area contributed by atoms with Crippen LogP contribution in [0.4, 0.5) is 4.79 Å². The van der Waals surface area contributed by atoms with Crippen molar-refractivity contribution in [1.29, 1.82) is 0 Å². The molecule has 0 aromatic rings. The van der Waals surface area contributed by atoms with Crippen LogP contribution in [-0.4, -0.2) is 24.7 Å². The molecule has 0 aliphatic carbocycles. The lowest BCUT2D eigenvalue weighted by molar-refractivity contribution is 0.170. The van der Waals surface area contributed by atoms with Gasteiger partial charge in [0.05, 0.1) is 12.1 Å². The number of alkyl carbamates (subject to hydrolysis) is 1. The number of nitrogens with two attached hydrogens (primary N) is 1. The standard InChI is InChI=1S/C6H12N2O2S/c1-4(5(7)11)3-8-6(9)10-2/h4H,3H2,1-2H3,(H2,7,11)(H,8,9). The minimum Gasteiger partial charge on any atom is -0.453 e. The highest BCUT2D eigenvalue weighted by molar-refractivity contribution is 7.80. The number of hydrogen-bond acceptors (Lipinski definition) is 3. The van der Waals surface area contributed by atoms with Gasteiger partial charge < -0.3 is 15.8 Å². The van der Waals surface area contributed by atoms with Crippen LogP contribution in [0.25, 0.3) is 0 Å². The molecular formula is C6H12N2O2S. The molecule has 0 rings (SSSR count). The van der Waals surface area contributed by atoms with E-state index in [9.17, 15) is 4.79 Å². The fourth-order valence-corrected chi connectivity index (χ4v) is 0.493. The van der Waals surface area contributed by atoms with Crippen molar-refractivity contribution in [3.05, 3.63) is 0 Å². The Labute approximate surface area is 71.1 Å². The molecule has 0 heterocycles. The molecule has 4 nitrogen and oxygen atoms in total. The molecule has 0 aliphatic rings. The van der Waals surface area contributed by atoms with Crippen molar-refractivity contribution in [2.45, 2.75) is 6.92 Å². The lowest BCUT2D eigenvalue weighted by Gasteiger charge is -2.09. The van der Waals surface area contributed by atoms with Crippen molar-refractivity contribution < 1.29 is 9.53 Å². The average Bonchev–Trinajstić information content (AvgIpc) is 1.99. The SMILES string of the molecule is COC(=O)NCC(C)C(N)=S. The molecule has 64 valence electrons. The third-order valence-electron chi connectivity index (χ3n) is 1.22. The van der Waals surface area contributed by atoms with Crippen molar-refractivity contribution in [2.75, 3.05) is 13.7 Å². The van der Waals surface area contributed by atoms with E-state index < -0.39 is 6.09 Å². The number of hydrogen-bond donors (Lipinski definition) is 2. The van der Waals surface area contributed by atoms with Gasteiger partial charge in [0.1, 0.15) is 0 Å². The predicted molar refractivity (Wildman–Crippen MR) is 46.4 cm³/mol. The monoisotopic (exact) mass is 176 g/mol. The van der Waals surface area contributed by atoms with Gasteiger partial charge in [0, 0.05) is 12.5 Å². The molecule has 0 fully saturated rings. The Hall–Kier alpha value is -0.840. The molecule has 0 aromatic heterocycles. The van der Waals surface area contributed by atoms with Crippen molar-refractivity contribution >= 4 is 23.3 Å². The molecule has 1 atom stereocenters. The van der Waals surface area contributed by atoms with Crippen LogP contribution >= 0.6 is 12.2 Å². The molecule has 0 aliphatic heterocycles. The van der Waals surface area contributed by atoms with Gasteiger partial charge in [-0.1, -0.05) is 19.1 Å². The molecule has 1 amide bonds. The number of nitrogens with one attached hydrogen (secondary N) is 1. The van der Waals surface area contributed by atoms with E-state index in [2.05, 4.69) is 10.1 Å². The van der Waals surface area contributed by atoms with Gasteiger partial charge in [-0.05, 0) is 0 Å². The molecule has 11 heavy (non-hydrogen) atoms. The fourth-order valence-electron chi connectivity index (χ4n) is 0.409. The van der Waals surface area contributed by atoms with Crippen LogP contribution < -0.4 is 11.1 Å². The zero-order valence-electron chi connectivity index (χ0n) is 6.59. The van der Waals surface area contributed by atoms with Gasteiger partial charge >= 0.3 is 6.09 Å². The maximum Gasteiger partial charge on any atom is 0.406 e. The molecule has 0 aromatic carbocycles. The van der Waals surface area contributed by atoms with Crippen molar-refractivity contribution in [2.24, 2.45) is 11.7 Å². The van der Waals surface area contributed by atoms with E-state index in [1.165, 1.54) is 7.11 Å². The number of ether oxygens (including phenoxy) is 1. The van der Waals surface area contributed by atoms with Gasteiger partial charge in [0.2, 0.25) is 0 Å². The summed E-state index contributed by atoms with van der Waals surface area (Å²) in [5, 5.41) is 2.48. The van der Waals surface area contributed by atoms with Crippen LogP contribution in [-0.2, 0) is 4.74 Å². The number of amides is 1. The molecule has 5 heteroatoms. The molecule has 0 radical (unpaired) electrons. The second kappa shape index (κ2) is 4.90. The number of carbonyl (C=O) groups is 1. The van der Waals surface area contributed by atoms with Crippen LogP contribution in [0.5, 0.6) is 0 Å². The summed E-state index contributed by atoms with van der Waals surface area (Å²) in [7, 11) is 1.31. The van der Waals surface area contributed by atoms with E-state index in [1.807, 2.05) is 6.92 Å². The van der Waals surface area contributed by atoms with Crippen LogP contribution in [0, 0.1) is 5.92 Å². The first-order chi connectivity index (χ1) is 5.07. The largest absolute Gasteiger partial charge is 0.453 e. The molecule has 1 unspecified atom stereocenters. The molecule has 0 saturated heterocycles. The van der Waals surface area contributed by atoms with Gasteiger partial charge in [-0.3, -0.25) is 0 Å². The Bertz CT molecular complexity index is 161. The first-order valence-electron chi connectivity index (χ1n) is 3.19. The zero-order chi connectivity index (χ0) is 8.85. The van der Waals surface area contributed by atoms with Crippen LogP contribution in [0.3, 0.4) is 0 Å². The number of methoxy groups -OCH3 is 1. The summed E-state index contributed by atoms with van der Waals surface area (Å²) in [5.74, 6) is 0.00380. The Morgan fingerprint density at radius 2 is 2.36 bits per heavy atom. The summed E-state index contributed by atoms with van der Waals surface area (Å²) < 4.78 is 4.35. The van der Waals surface area contributed by atoms with E-state index in [-0.39, 0.29) is 5.92 Å². The highest BCUT2D eigenvalue weighted by Crippen LogP contribution is 1.91. The Morgan fingerprint density at radius 3 is 2.73 bits per heavy atom.